The first kappa shape index (κ1) is 79.1. The van der Waals surface area contributed by atoms with Crippen molar-refractivity contribution in [3.63, 3.8) is 0 Å². The Hall–Kier alpha value is -12.0. The van der Waals surface area contributed by atoms with Crippen molar-refractivity contribution in [2.45, 2.75) is 92.0 Å². The molecule has 0 unspecified atom stereocenters. The van der Waals surface area contributed by atoms with Crippen molar-refractivity contribution in [1.82, 2.24) is 55.5 Å². The van der Waals surface area contributed by atoms with Gasteiger partial charge in [0.2, 0.25) is 0 Å². The van der Waals surface area contributed by atoms with E-state index in [4.69, 9.17) is 46.6 Å². The molecule has 0 bridgehead atoms. The van der Waals surface area contributed by atoms with Gasteiger partial charge in [-0.25, -0.2) is 41.6 Å². The van der Waals surface area contributed by atoms with Crippen LogP contribution in [-0.2, 0) is 33.8 Å². The summed E-state index contributed by atoms with van der Waals surface area (Å²) in [5.74, 6) is -3.96. The Kier molecular flexibility index (Phi) is 26.4. The van der Waals surface area contributed by atoms with E-state index in [-0.39, 0.29) is 95.8 Å². The molecule has 107 heavy (non-hydrogen) atoms. The number of halogens is 4. The third-order valence-corrected chi connectivity index (χ3v) is 17.6. The maximum Gasteiger partial charge on any atom is 0.410 e. The van der Waals surface area contributed by atoms with Crippen LogP contribution < -0.4 is 53.7 Å². The number of piperidine rings is 1. The number of aryl methyl sites for hydroxylation is 1. The molecule has 2 aliphatic heterocycles. The molecule has 0 saturated carbocycles. The van der Waals surface area contributed by atoms with Gasteiger partial charge >= 0.3 is 18.0 Å². The van der Waals surface area contributed by atoms with Crippen LogP contribution in [0.15, 0.2) is 138 Å². The fourth-order valence-electron chi connectivity index (χ4n) is 11.5. The second kappa shape index (κ2) is 35.7. The topological polar surface area (TPSA) is 375 Å². The Morgan fingerprint density at radius 2 is 1.01 bits per heavy atom. The number of amides is 5. The number of hydrogen-bond acceptors (Lipinski definition) is 19. The number of ether oxygens (including phenoxy) is 5. The molecule has 11 rings (SSSR count). The molecule has 9 aromatic rings. The zero-order valence-electron chi connectivity index (χ0n) is 60.1. The molecule has 5 amide bonds. The standard InChI is InChI=1S/C31H36FN5O6.C24H27FN6O2.C21H20BrFN4O4/c1-6-42-29(39)27-25(33)26(20-13-15-36(16-14-20)30(40)43-31(2,3)4)35-37(27)22-10-7-19(8-11-22)18-34-28(38)23-17-21(32)9-12-24(23)41-5;1-14-2-5-17(25)12-19(14)24(33)29-13-15-3-6-18(7-4-15)31-22(23(27)32)20(26)21(30-31)16-8-10-28-11-9-16;1-3-31-21(29)18-17(24)19(22)26-27(18)14-7-4-12(5-8-14)11-25-20(28)15-10-13(23)6-9-16(15)30-2/h7-13,17H,6,14-16,18,33H2,1-5H3,(H,34,38);2-7,12,16,28H,8-11,13,26H2,1H3,(H2,27,32)(H,29,33);4-10H,3,11,24H2,1-2H3,(H,25,28). The number of anilines is 3. The lowest BCUT2D eigenvalue weighted by Gasteiger charge is -2.29. The predicted octanol–water partition coefficient (Wildman–Crippen LogP) is 10.6. The van der Waals surface area contributed by atoms with Crippen LogP contribution in [0.25, 0.3) is 22.6 Å². The van der Waals surface area contributed by atoms with Crippen LogP contribution >= 0.6 is 15.9 Å². The SMILES string of the molecule is CCOC(=O)c1c(N)c(Br)nn1-c1ccc(CNC(=O)c2cc(F)ccc2OC)cc1.CCOC(=O)c1c(N)c(C2=CCN(C(=O)OC(C)(C)C)CC2)nn1-c1ccc(CNC(=O)c2cc(F)ccc2OC)cc1.Cc1ccc(F)cc1C(=O)NCc1ccc(-n2nc(C3CCNCC3)c(N)c2C(N)=O)cc1. The van der Waals surface area contributed by atoms with Gasteiger partial charge in [-0.3, -0.25) is 19.2 Å². The second-order valence-electron chi connectivity index (χ2n) is 25.5. The molecule has 31 heteroatoms. The summed E-state index contributed by atoms with van der Waals surface area (Å²) in [6.45, 7) is 14.1. The summed E-state index contributed by atoms with van der Waals surface area (Å²) in [6.07, 6.45) is 3.70. The van der Waals surface area contributed by atoms with Crippen molar-refractivity contribution in [1.29, 1.82) is 0 Å². The maximum absolute atomic E-state index is 13.7. The molecule has 1 fully saturated rings. The van der Waals surface area contributed by atoms with E-state index in [0.29, 0.717) is 69.4 Å². The number of carbonyl (C=O) groups is 7. The molecule has 0 atom stereocenters. The molecule has 27 nitrogen and oxygen atoms in total. The third kappa shape index (κ3) is 19.7. The summed E-state index contributed by atoms with van der Waals surface area (Å²) in [5.41, 5.74) is 32.1. The number of hydrogen-bond donors (Lipinski definition) is 8. The summed E-state index contributed by atoms with van der Waals surface area (Å²) >= 11 is 3.23. The molecule has 1 saturated heterocycles. The Morgan fingerprint density at radius 1 is 0.579 bits per heavy atom. The predicted molar refractivity (Wildman–Crippen MR) is 398 cm³/mol. The fraction of sp³-hybridized carbons (Fsp3) is 0.289. The van der Waals surface area contributed by atoms with E-state index in [9.17, 15) is 46.7 Å². The minimum Gasteiger partial charge on any atom is -0.496 e. The van der Waals surface area contributed by atoms with E-state index in [1.807, 2.05) is 39.0 Å². The summed E-state index contributed by atoms with van der Waals surface area (Å²) in [7, 11) is 2.82. The van der Waals surface area contributed by atoms with Gasteiger partial charge in [0.05, 0.1) is 72.7 Å². The number of benzene rings is 6. The van der Waals surface area contributed by atoms with Crippen molar-refractivity contribution >= 4 is 80.2 Å². The number of nitrogen functional groups attached to an aromatic ring is 3. The van der Waals surface area contributed by atoms with E-state index < -0.39 is 58.8 Å². The average Bonchev–Trinajstić information content (AvgIpc) is 1.64. The van der Waals surface area contributed by atoms with Crippen LogP contribution in [0.3, 0.4) is 0 Å². The lowest BCUT2D eigenvalue weighted by atomic mass is 9.93. The van der Waals surface area contributed by atoms with Crippen LogP contribution in [0.5, 0.6) is 11.5 Å². The van der Waals surface area contributed by atoms with E-state index in [1.165, 1.54) is 64.7 Å². The number of esters is 2. The van der Waals surface area contributed by atoms with Crippen LogP contribution in [0.1, 0.15) is 156 Å². The number of rotatable bonds is 21. The number of nitrogens with zero attached hydrogens (tertiary/aromatic N) is 7. The van der Waals surface area contributed by atoms with Gasteiger partial charge in [0, 0.05) is 44.2 Å². The summed E-state index contributed by atoms with van der Waals surface area (Å²) < 4.78 is 71.4. The Labute approximate surface area is 623 Å². The van der Waals surface area contributed by atoms with Gasteiger partial charge in [0.25, 0.3) is 23.6 Å². The van der Waals surface area contributed by atoms with E-state index in [2.05, 4.69) is 52.5 Å². The summed E-state index contributed by atoms with van der Waals surface area (Å²) in [6, 6.07) is 32.8. The smallest absolute Gasteiger partial charge is 0.410 e. The first-order chi connectivity index (χ1) is 51.1. The fourth-order valence-corrected chi connectivity index (χ4v) is 11.9. The molecule has 0 radical (unpaired) electrons. The van der Waals surface area contributed by atoms with E-state index >= 15 is 0 Å². The number of nitrogens with one attached hydrogen (secondary N) is 4. The van der Waals surface area contributed by atoms with Gasteiger partial charge in [-0.1, -0.05) is 48.5 Å². The minimum absolute atomic E-state index is 0.0870. The van der Waals surface area contributed by atoms with E-state index in [0.717, 1.165) is 60.3 Å². The molecule has 6 aromatic carbocycles. The quantitative estimate of drug-likeness (QED) is 0.0245. The van der Waals surface area contributed by atoms with Gasteiger partial charge in [-0.2, -0.15) is 15.3 Å². The van der Waals surface area contributed by atoms with Crippen LogP contribution in [0.4, 0.5) is 35.0 Å². The minimum atomic E-state index is -0.637. The van der Waals surface area contributed by atoms with Crippen LogP contribution in [0, 0.1) is 24.4 Å². The largest absolute Gasteiger partial charge is 0.496 e. The van der Waals surface area contributed by atoms with Crippen molar-refractivity contribution in [2.75, 3.05) is 70.8 Å². The number of primary amides is 1. The first-order valence-electron chi connectivity index (χ1n) is 34.0. The summed E-state index contributed by atoms with van der Waals surface area (Å²) in [5, 5.41) is 25.2. The molecule has 562 valence electrons. The molecular formula is C76H83BrF3N15O12. The monoisotopic (exact) mass is 1530 g/mol. The molecule has 2 aliphatic rings. The molecule has 5 heterocycles. The number of carbonyl (C=O) groups excluding carboxylic acids is 7. The number of methoxy groups -OCH3 is 2. The summed E-state index contributed by atoms with van der Waals surface area (Å²) in [4.78, 5) is 88.9. The van der Waals surface area contributed by atoms with Crippen molar-refractivity contribution in [2.24, 2.45) is 5.73 Å². The highest BCUT2D eigenvalue weighted by molar-refractivity contribution is 9.10. The number of nitrogens with two attached hydrogens (primary N) is 4. The third-order valence-electron chi connectivity index (χ3n) is 17.0. The van der Waals surface area contributed by atoms with E-state index in [1.54, 1.807) is 92.4 Å². The molecule has 0 spiro atoms. The lowest BCUT2D eigenvalue weighted by Crippen LogP contribution is -2.39. The van der Waals surface area contributed by atoms with Gasteiger partial charge in [0.1, 0.15) is 45.9 Å². The van der Waals surface area contributed by atoms with Crippen molar-refractivity contribution in [3.05, 3.63) is 223 Å². The Balaban J connectivity index is 0.000000189. The average molecular weight is 1540 g/mol. The van der Waals surface area contributed by atoms with Crippen LogP contribution in [0.2, 0.25) is 0 Å². The van der Waals surface area contributed by atoms with Gasteiger partial charge in [0.15, 0.2) is 21.7 Å². The normalized spacial score (nSPS) is 12.8. The molecule has 3 aromatic heterocycles. The van der Waals surface area contributed by atoms with Crippen molar-refractivity contribution in [3.8, 4) is 28.6 Å². The lowest BCUT2D eigenvalue weighted by molar-refractivity contribution is 0.0269. The van der Waals surface area contributed by atoms with Gasteiger partial charge < -0.3 is 72.8 Å². The highest BCUT2D eigenvalue weighted by Gasteiger charge is 2.31. The maximum atomic E-state index is 13.7. The van der Waals surface area contributed by atoms with Gasteiger partial charge in [-0.05, 0) is 203 Å². The second-order valence-corrected chi connectivity index (χ2v) is 26.2. The molecule has 12 N–H and O–H groups in total. The first-order valence-corrected chi connectivity index (χ1v) is 34.8. The Morgan fingerprint density at radius 3 is 1.44 bits per heavy atom. The van der Waals surface area contributed by atoms with Crippen molar-refractivity contribution < 1.29 is 70.4 Å². The van der Waals surface area contributed by atoms with Crippen LogP contribution in [-0.4, -0.2) is 135 Å². The van der Waals surface area contributed by atoms with Gasteiger partial charge in [-0.15, -0.1) is 0 Å². The highest BCUT2D eigenvalue weighted by Crippen LogP contribution is 2.35. The highest BCUT2D eigenvalue weighted by atomic mass is 79.9. The zero-order valence-corrected chi connectivity index (χ0v) is 61.7. The molecule has 0 aliphatic carbocycles. The number of aromatic nitrogens is 6. The zero-order chi connectivity index (χ0) is 77.4. The molecular weight excluding hydrogens is 1450 g/mol. The Bertz CT molecular complexity index is 4780.